The minimum absolute atomic E-state index is 0. The zero-order valence-corrected chi connectivity index (χ0v) is 40.8. The number of carboxylic acids is 6. The summed E-state index contributed by atoms with van der Waals surface area (Å²) in [5.74, 6) is -12.4. The Morgan fingerprint density at radius 2 is 0.627 bits per heavy atom. The van der Waals surface area contributed by atoms with E-state index in [0.29, 0.717) is 0 Å². The number of aromatic carboxylic acids is 6. The summed E-state index contributed by atoms with van der Waals surface area (Å²) >= 11 is 0. The molecule has 0 amide bonds. The number of carbonyl (C=O) groups is 6. The van der Waals surface area contributed by atoms with E-state index >= 15 is 0 Å². The molecule has 0 spiro atoms. The molecule has 370 valence electrons. The van der Waals surface area contributed by atoms with Crippen LogP contribution < -0.4 is 30.6 Å². The summed E-state index contributed by atoms with van der Waals surface area (Å²) in [5.41, 5.74) is -10.4. The molecule has 0 saturated carbocycles. The predicted octanol–water partition coefficient (Wildman–Crippen LogP) is -3.61. The van der Waals surface area contributed by atoms with Crippen molar-refractivity contribution in [2.45, 2.75) is 0 Å². The van der Waals surface area contributed by atoms with Crippen LogP contribution in [0.3, 0.4) is 0 Å². The molecule has 6 aromatic rings. The third-order valence-electron chi connectivity index (χ3n) is 8.72. The van der Waals surface area contributed by atoms with Gasteiger partial charge in [0, 0.05) is 34.6 Å². The van der Waals surface area contributed by atoms with E-state index in [9.17, 15) is 88.2 Å². The summed E-state index contributed by atoms with van der Waals surface area (Å²) < 4.78 is 0. The van der Waals surface area contributed by atoms with Gasteiger partial charge in [-0.15, -0.1) is 9.98 Å². The van der Waals surface area contributed by atoms with Crippen LogP contribution in [-0.4, -0.2) is 102 Å². The molecule has 0 fully saturated rings. The molecule has 0 aliphatic heterocycles. The first-order chi connectivity index (χ1) is 34.4. The van der Waals surface area contributed by atoms with E-state index in [1.807, 2.05) is 0 Å². The fourth-order valence-corrected chi connectivity index (χ4v) is 5.90. The van der Waals surface area contributed by atoms with Crippen molar-refractivity contribution in [3.63, 3.8) is 0 Å². The summed E-state index contributed by atoms with van der Waals surface area (Å²) in [7, 11) is 0. The van der Waals surface area contributed by atoms with E-state index in [0.717, 1.165) is 97.4 Å². The van der Waals surface area contributed by atoms with Crippen molar-refractivity contribution in [3.8, 4) is 45.6 Å². The van der Waals surface area contributed by atoms with Crippen LogP contribution in [0.1, 0.15) is 62.1 Å². The van der Waals surface area contributed by atoms with Crippen molar-refractivity contribution in [3.05, 3.63) is 94.3 Å². The first kappa shape index (κ1) is 61.0. The second kappa shape index (κ2) is 27.5. The van der Waals surface area contributed by atoms with Crippen LogP contribution in [0.15, 0.2) is 90.9 Å². The molecular weight excluding hydrogens is 1260 g/mol. The third-order valence-corrected chi connectivity index (χ3v) is 8.72. The number of aliphatic imine (C=N–C) groups is 6. The number of carboxylic acid groups (broad SMARTS) is 6. The van der Waals surface area contributed by atoms with Gasteiger partial charge in [0.15, 0.2) is 11.6 Å². The van der Waals surface area contributed by atoms with Crippen molar-refractivity contribution in [2.75, 3.05) is 0 Å². The number of rotatable bonds is 16. The molecule has 6 aromatic heterocycles. The van der Waals surface area contributed by atoms with Gasteiger partial charge < -0.3 is 59.4 Å². The molecule has 0 aliphatic rings. The predicted molar refractivity (Wildman–Crippen MR) is 214 cm³/mol. The van der Waals surface area contributed by atoms with E-state index < -0.39 is 115 Å². The Hall–Kier alpha value is -10.1. The van der Waals surface area contributed by atoms with Gasteiger partial charge in [-0.25, -0.2) is 48.7 Å². The summed E-state index contributed by atoms with van der Waals surface area (Å²) in [5, 5.41) is 69.3. The second-order valence-electron chi connectivity index (χ2n) is 12.8. The van der Waals surface area contributed by atoms with E-state index in [1.165, 1.54) is 0 Å². The SMILES string of the molecule is O=C=Nc1nc(-c2cc(C(=O)[O-])cc(-c3cc(C(=O)[O-])ccn3)n2)c(N=C=O)c(C(=O)[O-])c1N=C=O.O=C=Nc1nc(-c2cc(C(=O)[O-])cc(-c3cc(C(=O)[O-])ccn3)n2)c(N=C=O)c(C(=O)[O-])c1N=C=O.[Ru+2].[Ru+2].[Ru+2]. The topological polar surface area (TPSA) is 495 Å². The number of hydrogen-bond acceptors (Lipinski definition) is 30. The number of carbonyl (C=O) groups excluding carboxylic acids is 12. The average Bonchev–Trinajstić information content (AvgIpc) is 3.35. The number of nitrogens with zero attached hydrogens (tertiary/aromatic N) is 12. The molecule has 0 unspecified atom stereocenters. The maximum absolute atomic E-state index is 11.8. The average molecular weight is 1270 g/mol. The number of aromatic nitrogens is 6. The first-order valence-corrected chi connectivity index (χ1v) is 18.3. The molecule has 6 rings (SSSR count). The Bertz CT molecular complexity index is 3450. The van der Waals surface area contributed by atoms with Crippen molar-refractivity contribution in [1.82, 2.24) is 29.9 Å². The number of pyridine rings is 6. The quantitative estimate of drug-likeness (QED) is 0.0513. The minimum atomic E-state index is -2.05. The maximum Gasteiger partial charge on any atom is 2.00 e. The van der Waals surface area contributed by atoms with Crippen LogP contribution in [0.4, 0.5) is 34.4 Å². The molecule has 0 aromatic carbocycles. The molecular formula is C42H10N12O18Ru3. The van der Waals surface area contributed by atoms with Crippen LogP contribution in [0.2, 0.25) is 0 Å². The smallest absolute Gasteiger partial charge is 0.545 e. The van der Waals surface area contributed by atoms with Gasteiger partial charge in [0.1, 0.15) is 34.1 Å². The van der Waals surface area contributed by atoms with Crippen molar-refractivity contribution in [2.24, 2.45) is 30.0 Å². The van der Waals surface area contributed by atoms with E-state index in [4.69, 9.17) is 0 Å². The molecule has 6 heterocycles. The minimum Gasteiger partial charge on any atom is -0.545 e. The Morgan fingerprint density at radius 3 is 0.907 bits per heavy atom. The molecule has 0 saturated heterocycles. The largest absolute Gasteiger partial charge is 2.00 e. The van der Waals surface area contributed by atoms with Crippen molar-refractivity contribution >= 4 is 107 Å². The summed E-state index contributed by atoms with van der Waals surface area (Å²) in [6.45, 7) is 0. The van der Waals surface area contributed by atoms with Crippen LogP contribution >= 0.6 is 0 Å². The van der Waals surface area contributed by atoms with Crippen molar-refractivity contribution < 1.29 is 147 Å². The summed E-state index contributed by atoms with van der Waals surface area (Å²) in [4.78, 5) is 177. The fourth-order valence-electron chi connectivity index (χ4n) is 5.90. The molecule has 30 nitrogen and oxygen atoms in total. The molecule has 0 radical (unpaired) electrons. The first-order valence-electron chi connectivity index (χ1n) is 18.3. The Kier molecular flexibility index (Phi) is 22.3. The molecule has 33 heteroatoms. The Morgan fingerprint density at radius 1 is 0.347 bits per heavy atom. The summed E-state index contributed by atoms with van der Waals surface area (Å²) in [6, 6.07) is 7.81. The molecule has 75 heavy (non-hydrogen) atoms. The normalized spacial score (nSPS) is 9.39. The zero-order chi connectivity index (χ0) is 52.8. The Balaban J connectivity index is 0.000000494. The van der Waals surface area contributed by atoms with Gasteiger partial charge in [0.2, 0.25) is 36.5 Å². The number of isocyanates is 6. The van der Waals surface area contributed by atoms with Crippen LogP contribution in [0.5, 0.6) is 0 Å². The zero-order valence-electron chi connectivity index (χ0n) is 35.5. The molecule has 0 bridgehead atoms. The van der Waals surface area contributed by atoms with E-state index in [-0.39, 0.29) is 92.3 Å². The standard InChI is InChI=1S/2C21H8N6O9.3Ru/c2*28-6-23-16-14(21(35)36)17(24-7-29)18(25-8-30)27-15(16)13-5-10(20(33)34)4-12(26-13)11-3-9(19(31)32)1-2-22-11;;;/h2*1-5H,(H,31,32)(H,33,34)(H,35,36);;;/q;;3*+2/p-6. The van der Waals surface area contributed by atoms with E-state index in [2.05, 4.69) is 59.9 Å². The Labute approximate surface area is 450 Å². The van der Waals surface area contributed by atoms with Gasteiger partial charge in [0.25, 0.3) is 0 Å². The monoisotopic (exact) mass is 1280 g/mol. The van der Waals surface area contributed by atoms with Crippen LogP contribution in [-0.2, 0) is 87.2 Å². The summed E-state index contributed by atoms with van der Waals surface area (Å²) in [6.07, 6.45) is 8.48. The van der Waals surface area contributed by atoms with Gasteiger partial charge in [-0.1, -0.05) is 0 Å². The molecule has 0 atom stereocenters. The van der Waals surface area contributed by atoms with Crippen molar-refractivity contribution in [1.29, 1.82) is 0 Å². The second-order valence-corrected chi connectivity index (χ2v) is 12.8. The van der Waals surface area contributed by atoms with E-state index in [1.54, 1.807) is 0 Å². The maximum atomic E-state index is 11.8. The molecule has 0 N–H and O–H groups in total. The van der Waals surface area contributed by atoms with Gasteiger partial charge in [0.05, 0.1) is 81.1 Å². The third kappa shape index (κ3) is 14.1. The fraction of sp³-hybridized carbons (Fsp3) is 0. The van der Waals surface area contributed by atoms with Gasteiger partial charge in [-0.05, 0) is 48.5 Å². The molecule has 0 aliphatic carbocycles. The van der Waals surface area contributed by atoms with Gasteiger partial charge in [-0.3, -0.25) is 9.97 Å². The van der Waals surface area contributed by atoms with Gasteiger partial charge >= 0.3 is 58.4 Å². The van der Waals surface area contributed by atoms with Gasteiger partial charge in [-0.2, -0.15) is 20.0 Å². The van der Waals surface area contributed by atoms with Crippen LogP contribution in [0, 0.1) is 0 Å². The number of hydrogen-bond donors (Lipinski definition) is 0. The van der Waals surface area contributed by atoms with Crippen LogP contribution in [0.25, 0.3) is 45.6 Å².